The van der Waals surface area contributed by atoms with Crippen LogP contribution in [-0.2, 0) is 0 Å². The minimum atomic E-state index is -4.35. The van der Waals surface area contributed by atoms with E-state index in [0.717, 1.165) is 0 Å². The Balaban J connectivity index is 2.15. The zero-order valence-corrected chi connectivity index (χ0v) is 17.1. The Hall–Kier alpha value is -2.64. The van der Waals surface area contributed by atoms with Crippen LogP contribution in [-0.4, -0.2) is 28.4 Å². The Morgan fingerprint density at radius 2 is 1.83 bits per heavy atom. The molecular weight excluding hydrogens is 442 g/mol. The summed E-state index contributed by atoms with van der Waals surface area (Å²) in [5.74, 6) is -0.961. The molecule has 2 aromatic carbocycles. The summed E-state index contributed by atoms with van der Waals surface area (Å²) >= 11 is 12.3. The lowest BCUT2D eigenvalue weighted by atomic mass is 10.1. The standard InChI is InChI=1S/C21H16Cl2F3NO3/c1-12-15(20(28)29)11-18(14-7-6-13(22)10-16(14)23)27(12)17-4-2-3-5-19(17)30-9-8-21(24,25)26/h2-7,10-11H,8-9H2,1H3,(H,28,29). The largest absolute Gasteiger partial charge is 0.491 e. The van der Waals surface area contributed by atoms with Gasteiger partial charge >= 0.3 is 12.1 Å². The molecule has 0 bridgehead atoms. The summed E-state index contributed by atoms with van der Waals surface area (Å²) in [5, 5.41) is 10.3. The smallest absolute Gasteiger partial charge is 0.392 e. The van der Waals surface area contributed by atoms with Crippen LogP contribution in [0, 0.1) is 6.92 Å². The number of nitrogens with zero attached hydrogens (tertiary/aromatic N) is 1. The predicted molar refractivity (Wildman–Crippen MR) is 109 cm³/mol. The highest BCUT2D eigenvalue weighted by atomic mass is 35.5. The molecule has 0 unspecified atom stereocenters. The summed E-state index contributed by atoms with van der Waals surface area (Å²) in [6.45, 7) is 1.03. The van der Waals surface area contributed by atoms with Gasteiger partial charge in [0.25, 0.3) is 0 Å². The molecule has 0 fully saturated rings. The van der Waals surface area contributed by atoms with Crippen LogP contribution in [0.15, 0.2) is 48.5 Å². The number of benzene rings is 2. The van der Waals surface area contributed by atoms with E-state index < -0.39 is 25.2 Å². The Morgan fingerprint density at radius 3 is 2.47 bits per heavy atom. The molecule has 0 radical (unpaired) electrons. The molecule has 1 aromatic heterocycles. The number of hydrogen-bond donors (Lipinski definition) is 1. The molecule has 0 aliphatic carbocycles. The lowest BCUT2D eigenvalue weighted by molar-refractivity contribution is -0.139. The van der Waals surface area contributed by atoms with Gasteiger partial charge in [0.15, 0.2) is 0 Å². The van der Waals surface area contributed by atoms with E-state index in [4.69, 9.17) is 27.9 Å². The molecule has 0 saturated heterocycles. The molecule has 4 nitrogen and oxygen atoms in total. The quantitative estimate of drug-likeness (QED) is 0.443. The number of aromatic nitrogens is 1. The van der Waals surface area contributed by atoms with E-state index in [2.05, 4.69) is 0 Å². The highest BCUT2D eigenvalue weighted by Gasteiger charge is 2.27. The van der Waals surface area contributed by atoms with Crippen LogP contribution in [0.25, 0.3) is 16.9 Å². The molecule has 3 aromatic rings. The van der Waals surface area contributed by atoms with Crippen molar-refractivity contribution in [3.63, 3.8) is 0 Å². The van der Waals surface area contributed by atoms with Crippen molar-refractivity contribution in [2.45, 2.75) is 19.5 Å². The maximum atomic E-state index is 12.5. The first kappa shape index (κ1) is 22.1. The molecular formula is C21H16Cl2F3NO3. The normalized spacial score (nSPS) is 11.5. The molecule has 9 heteroatoms. The number of ether oxygens (including phenoxy) is 1. The van der Waals surface area contributed by atoms with Crippen molar-refractivity contribution in [2.75, 3.05) is 6.61 Å². The summed E-state index contributed by atoms with van der Waals surface area (Å²) in [6.07, 6.45) is -5.46. The van der Waals surface area contributed by atoms with Gasteiger partial charge in [0.1, 0.15) is 5.75 Å². The van der Waals surface area contributed by atoms with Gasteiger partial charge in [-0.05, 0) is 43.3 Å². The third-order valence-electron chi connectivity index (χ3n) is 4.43. The fourth-order valence-corrected chi connectivity index (χ4v) is 3.58. The molecule has 1 N–H and O–H groups in total. The SMILES string of the molecule is Cc1c(C(=O)O)cc(-c2ccc(Cl)cc2Cl)n1-c1ccccc1OCCC(F)(F)F. The van der Waals surface area contributed by atoms with Crippen LogP contribution < -0.4 is 4.74 Å². The molecule has 1 heterocycles. The van der Waals surface area contributed by atoms with Crippen LogP contribution in [0.5, 0.6) is 5.75 Å². The first-order valence-corrected chi connectivity index (χ1v) is 9.54. The van der Waals surface area contributed by atoms with Gasteiger partial charge in [0.2, 0.25) is 0 Å². The second kappa shape index (κ2) is 8.62. The minimum Gasteiger partial charge on any atom is -0.491 e. The summed E-state index contributed by atoms with van der Waals surface area (Å²) in [6, 6.07) is 12.7. The highest BCUT2D eigenvalue weighted by Crippen LogP contribution is 2.37. The van der Waals surface area contributed by atoms with Gasteiger partial charge in [0, 0.05) is 16.3 Å². The van der Waals surface area contributed by atoms with Gasteiger partial charge in [-0.3, -0.25) is 0 Å². The Morgan fingerprint density at radius 1 is 1.13 bits per heavy atom. The molecule has 30 heavy (non-hydrogen) atoms. The number of carboxylic acids is 1. The molecule has 0 amide bonds. The fraction of sp³-hybridized carbons (Fsp3) is 0.190. The Kier molecular flexibility index (Phi) is 6.33. The van der Waals surface area contributed by atoms with Crippen LogP contribution in [0.3, 0.4) is 0 Å². The number of para-hydroxylation sites is 2. The molecule has 0 spiro atoms. The van der Waals surface area contributed by atoms with E-state index in [1.165, 1.54) is 18.2 Å². The topological polar surface area (TPSA) is 51.5 Å². The number of hydrogen-bond acceptors (Lipinski definition) is 2. The number of halogens is 5. The number of alkyl halides is 3. The van der Waals surface area contributed by atoms with Crippen molar-refractivity contribution in [3.05, 3.63) is 69.8 Å². The monoisotopic (exact) mass is 457 g/mol. The van der Waals surface area contributed by atoms with Gasteiger partial charge in [-0.15, -0.1) is 0 Å². The molecule has 3 rings (SSSR count). The van der Waals surface area contributed by atoms with Crippen molar-refractivity contribution in [2.24, 2.45) is 0 Å². The summed E-state index contributed by atoms with van der Waals surface area (Å²) in [7, 11) is 0. The zero-order valence-electron chi connectivity index (χ0n) is 15.6. The predicted octanol–water partition coefficient (Wildman–Crippen LogP) is 6.79. The molecule has 158 valence electrons. The van der Waals surface area contributed by atoms with Crippen LogP contribution >= 0.6 is 23.2 Å². The number of rotatable bonds is 6. The molecule has 0 saturated carbocycles. The van der Waals surface area contributed by atoms with Crippen LogP contribution in [0.2, 0.25) is 10.0 Å². The number of carboxylic acid groups (broad SMARTS) is 1. The van der Waals surface area contributed by atoms with Gasteiger partial charge in [0.05, 0.1) is 35.0 Å². The van der Waals surface area contributed by atoms with E-state index in [9.17, 15) is 23.1 Å². The summed E-state index contributed by atoms with van der Waals surface area (Å²) in [5.41, 5.74) is 1.75. The van der Waals surface area contributed by atoms with Crippen molar-refractivity contribution >= 4 is 29.2 Å². The minimum absolute atomic E-state index is 0.0288. The van der Waals surface area contributed by atoms with Gasteiger partial charge in [-0.25, -0.2) is 4.79 Å². The van der Waals surface area contributed by atoms with Crippen LogP contribution in [0.4, 0.5) is 13.2 Å². The zero-order chi connectivity index (χ0) is 22.1. The molecule has 0 atom stereocenters. The van der Waals surface area contributed by atoms with Crippen molar-refractivity contribution in [1.29, 1.82) is 0 Å². The lowest BCUT2D eigenvalue weighted by Gasteiger charge is -2.18. The van der Waals surface area contributed by atoms with Crippen molar-refractivity contribution < 1.29 is 27.8 Å². The maximum Gasteiger partial charge on any atom is 0.392 e. The molecule has 0 aliphatic heterocycles. The van der Waals surface area contributed by atoms with E-state index in [1.54, 1.807) is 41.8 Å². The lowest BCUT2D eigenvalue weighted by Crippen LogP contribution is -2.14. The van der Waals surface area contributed by atoms with Crippen molar-refractivity contribution in [3.8, 4) is 22.7 Å². The molecule has 0 aliphatic rings. The first-order valence-electron chi connectivity index (χ1n) is 8.78. The average molecular weight is 458 g/mol. The van der Waals surface area contributed by atoms with Gasteiger partial charge in [-0.1, -0.05) is 35.3 Å². The summed E-state index contributed by atoms with van der Waals surface area (Å²) < 4.78 is 44.6. The van der Waals surface area contributed by atoms with E-state index in [-0.39, 0.29) is 11.3 Å². The Bertz CT molecular complexity index is 1090. The van der Waals surface area contributed by atoms with E-state index in [0.29, 0.717) is 32.7 Å². The maximum absolute atomic E-state index is 12.5. The van der Waals surface area contributed by atoms with Crippen molar-refractivity contribution in [1.82, 2.24) is 4.57 Å². The highest BCUT2D eigenvalue weighted by molar-refractivity contribution is 6.36. The first-order chi connectivity index (χ1) is 14.1. The van der Waals surface area contributed by atoms with Gasteiger partial charge in [-0.2, -0.15) is 13.2 Å². The fourth-order valence-electron chi connectivity index (χ4n) is 3.07. The number of aromatic carboxylic acids is 1. The van der Waals surface area contributed by atoms with Gasteiger partial charge < -0.3 is 14.4 Å². The van der Waals surface area contributed by atoms with E-state index in [1.807, 2.05) is 0 Å². The second-order valence-corrected chi connectivity index (χ2v) is 7.32. The Labute approximate surface area is 180 Å². The second-order valence-electron chi connectivity index (χ2n) is 6.47. The third kappa shape index (κ3) is 4.74. The van der Waals surface area contributed by atoms with Crippen LogP contribution in [0.1, 0.15) is 22.5 Å². The number of carbonyl (C=O) groups is 1. The summed E-state index contributed by atoms with van der Waals surface area (Å²) in [4.78, 5) is 11.7. The van der Waals surface area contributed by atoms with E-state index >= 15 is 0 Å². The average Bonchev–Trinajstić information content (AvgIpc) is 2.98. The third-order valence-corrected chi connectivity index (χ3v) is 4.98.